The van der Waals surface area contributed by atoms with Gasteiger partial charge in [-0.25, -0.2) is 8.42 Å². The summed E-state index contributed by atoms with van der Waals surface area (Å²) < 4.78 is 43.6. The Labute approximate surface area is 191 Å². The van der Waals surface area contributed by atoms with E-state index in [9.17, 15) is 13.2 Å². The maximum absolute atomic E-state index is 13.1. The summed E-state index contributed by atoms with van der Waals surface area (Å²) in [4.78, 5) is 13.1. The number of ether oxygens (including phenoxy) is 2. The number of aryl methyl sites for hydroxylation is 1. The van der Waals surface area contributed by atoms with E-state index in [-0.39, 0.29) is 23.3 Å². The van der Waals surface area contributed by atoms with E-state index < -0.39 is 22.0 Å². The molecule has 1 unspecified atom stereocenters. The van der Waals surface area contributed by atoms with Gasteiger partial charge in [-0.05, 0) is 50.1 Å². The highest BCUT2D eigenvalue weighted by atomic mass is 32.2. The van der Waals surface area contributed by atoms with Gasteiger partial charge < -0.3 is 13.9 Å². The fraction of sp³-hybridized carbons (Fsp3) is 0.318. The van der Waals surface area contributed by atoms with Crippen molar-refractivity contribution >= 4 is 21.9 Å². The Kier molecular flexibility index (Phi) is 6.34. The van der Waals surface area contributed by atoms with Crippen molar-refractivity contribution in [3.63, 3.8) is 0 Å². The lowest BCUT2D eigenvalue weighted by molar-refractivity contribution is -0.119. The molecule has 1 N–H and O–H groups in total. The highest BCUT2D eigenvalue weighted by molar-refractivity contribution is 7.89. The van der Waals surface area contributed by atoms with Crippen molar-refractivity contribution in [3.05, 3.63) is 48.0 Å². The van der Waals surface area contributed by atoms with Gasteiger partial charge in [0.15, 0.2) is 0 Å². The summed E-state index contributed by atoms with van der Waals surface area (Å²) in [5, 5.41) is 10.4. The maximum atomic E-state index is 13.1. The lowest BCUT2D eigenvalue weighted by Crippen LogP contribution is -2.43. The minimum Gasteiger partial charge on any atom is -0.497 e. The van der Waals surface area contributed by atoms with E-state index >= 15 is 0 Å². The van der Waals surface area contributed by atoms with Crippen LogP contribution in [0.4, 0.5) is 6.01 Å². The second kappa shape index (κ2) is 9.20. The van der Waals surface area contributed by atoms with Crippen LogP contribution in [0.5, 0.6) is 11.5 Å². The fourth-order valence-electron chi connectivity index (χ4n) is 3.69. The molecule has 1 aliphatic heterocycles. The number of methoxy groups -OCH3 is 2. The van der Waals surface area contributed by atoms with Crippen molar-refractivity contribution < 1.29 is 27.1 Å². The minimum absolute atomic E-state index is 0.122. The number of carbonyl (C=O) groups excluding carboxylic acids is 1. The largest absolute Gasteiger partial charge is 0.497 e. The van der Waals surface area contributed by atoms with Crippen LogP contribution in [0.2, 0.25) is 0 Å². The van der Waals surface area contributed by atoms with E-state index in [1.807, 2.05) is 6.92 Å². The van der Waals surface area contributed by atoms with Crippen LogP contribution in [-0.2, 0) is 14.8 Å². The quantitative estimate of drug-likeness (QED) is 0.557. The van der Waals surface area contributed by atoms with Crippen molar-refractivity contribution in [2.45, 2.75) is 30.7 Å². The van der Waals surface area contributed by atoms with Crippen LogP contribution in [0.1, 0.15) is 18.4 Å². The molecule has 3 aromatic rings. The number of anilines is 1. The summed E-state index contributed by atoms with van der Waals surface area (Å²) in [6.07, 6.45) is 0.959. The SMILES string of the molecule is COc1ccc(OC)c(-c2nnc(NC(=O)C3CCCN3S(=O)(=O)c3ccc(C)cc3)o2)c1. The average Bonchev–Trinajstić information content (AvgIpc) is 3.49. The molecule has 0 aliphatic carbocycles. The van der Waals surface area contributed by atoms with E-state index in [4.69, 9.17) is 13.9 Å². The third kappa shape index (κ3) is 4.55. The number of sulfonamides is 1. The average molecular weight is 473 g/mol. The predicted octanol–water partition coefficient (Wildman–Crippen LogP) is 2.85. The molecule has 0 saturated carbocycles. The molecule has 2 aromatic carbocycles. The summed E-state index contributed by atoms with van der Waals surface area (Å²) in [5.74, 6) is 0.647. The van der Waals surface area contributed by atoms with Crippen molar-refractivity contribution in [3.8, 4) is 23.0 Å². The molecule has 1 aliphatic rings. The number of nitrogens with zero attached hydrogens (tertiary/aromatic N) is 3. The van der Waals surface area contributed by atoms with E-state index in [0.29, 0.717) is 29.9 Å². The molecule has 0 radical (unpaired) electrons. The molecule has 1 aromatic heterocycles. The Morgan fingerprint density at radius 3 is 2.58 bits per heavy atom. The predicted molar refractivity (Wildman–Crippen MR) is 120 cm³/mol. The highest BCUT2D eigenvalue weighted by Crippen LogP contribution is 2.33. The molecule has 2 heterocycles. The number of carbonyl (C=O) groups is 1. The van der Waals surface area contributed by atoms with E-state index in [1.165, 1.54) is 18.5 Å². The van der Waals surface area contributed by atoms with Crippen molar-refractivity contribution in [2.24, 2.45) is 0 Å². The molecule has 0 bridgehead atoms. The van der Waals surface area contributed by atoms with Gasteiger partial charge in [-0.1, -0.05) is 22.8 Å². The molecule has 33 heavy (non-hydrogen) atoms. The second-order valence-electron chi connectivity index (χ2n) is 7.55. The third-order valence-electron chi connectivity index (χ3n) is 5.43. The molecular weight excluding hydrogens is 448 g/mol. The zero-order valence-electron chi connectivity index (χ0n) is 18.4. The molecule has 10 nitrogen and oxygen atoms in total. The lowest BCUT2D eigenvalue weighted by Gasteiger charge is -2.22. The standard InChI is InChI=1S/C22H24N4O6S/c1-14-6-9-16(10-7-14)33(28,29)26-12-4-5-18(26)20(27)23-22-25-24-21(32-22)17-13-15(30-2)8-11-19(17)31-3/h6-11,13,18H,4-5,12H2,1-3H3,(H,23,25,27). The van der Waals surface area contributed by atoms with Crippen molar-refractivity contribution in [1.29, 1.82) is 0 Å². The monoisotopic (exact) mass is 472 g/mol. The highest BCUT2D eigenvalue weighted by Gasteiger charge is 2.40. The molecule has 1 saturated heterocycles. The molecule has 0 spiro atoms. The Bertz CT molecular complexity index is 1260. The number of amides is 1. The third-order valence-corrected chi connectivity index (χ3v) is 7.35. The smallest absolute Gasteiger partial charge is 0.322 e. The van der Waals surface area contributed by atoms with Gasteiger partial charge in [0.2, 0.25) is 15.9 Å². The first kappa shape index (κ1) is 22.7. The molecule has 174 valence electrons. The van der Waals surface area contributed by atoms with Gasteiger partial charge >= 0.3 is 6.01 Å². The van der Waals surface area contributed by atoms with Crippen LogP contribution in [0.25, 0.3) is 11.5 Å². The summed E-state index contributed by atoms with van der Waals surface area (Å²) in [5.41, 5.74) is 1.44. The summed E-state index contributed by atoms with van der Waals surface area (Å²) in [6, 6.07) is 10.6. The molecule has 1 fully saturated rings. The summed E-state index contributed by atoms with van der Waals surface area (Å²) in [6.45, 7) is 2.13. The first-order valence-electron chi connectivity index (χ1n) is 10.3. The number of hydrogen-bond acceptors (Lipinski definition) is 8. The minimum atomic E-state index is -3.82. The Balaban J connectivity index is 1.53. The van der Waals surface area contributed by atoms with Crippen molar-refractivity contribution in [2.75, 3.05) is 26.1 Å². The van der Waals surface area contributed by atoms with E-state index in [1.54, 1.807) is 42.5 Å². The number of rotatable bonds is 7. The Morgan fingerprint density at radius 1 is 1.12 bits per heavy atom. The Morgan fingerprint density at radius 2 is 1.88 bits per heavy atom. The van der Waals surface area contributed by atoms with Gasteiger partial charge in [-0.15, -0.1) is 5.10 Å². The molecule has 4 rings (SSSR count). The van der Waals surface area contributed by atoms with Crippen LogP contribution >= 0.6 is 0 Å². The van der Waals surface area contributed by atoms with Gasteiger partial charge in [0.25, 0.3) is 5.89 Å². The maximum Gasteiger partial charge on any atom is 0.322 e. The topological polar surface area (TPSA) is 124 Å². The fourth-order valence-corrected chi connectivity index (χ4v) is 5.34. The second-order valence-corrected chi connectivity index (χ2v) is 9.45. The van der Waals surface area contributed by atoms with Gasteiger partial charge in [0.1, 0.15) is 17.5 Å². The van der Waals surface area contributed by atoms with Crippen LogP contribution in [0.3, 0.4) is 0 Å². The zero-order valence-corrected chi connectivity index (χ0v) is 19.3. The molecule has 1 amide bonds. The van der Waals surface area contributed by atoms with Crippen molar-refractivity contribution in [1.82, 2.24) is 14.5 Å². The van der Waals surface area contributed by atoms with Crippen LogP contribution in [-0.4, -0.2) is 55.6 Å². The van der Waals surface area contributed by atoms with E-state index in [2.05, 4.69) is 15.5 Å². The number of aromatic nitrogens is 2. The lowest BCUT2D eigenvalue weighted by atomic mass is 10.2. The van der Waals surface area contributed by atoms with Crippen LogP contribution in [0.15, 0.2) is 51.8 Å². The molecular formula is C22H24N4O6S. The van der Waals surface area contributed by atoms with Gasteiger partial charge in [0.05, 0.1) is 24.7 Å². The first-order chi connectivity index (χ1) is 15.8. The van der Waals surface area contributed by atoms with Crippen LogP contribution < -0.4 is 14.8 Å². The Hall–Kier alpha value is -3.44. The summed E-state index contributed by atoms with van der Waals surface area (Å²) >= 11 is 0. The summed E-state index contributed by atoms with van der Waals surface area (Å²) in [7, 11) is -0.783. The van der Waals surface area contributed by atoms with Gasteiger partial charge in [-0.3, -0.25) is 10.1 Å². The number of nitrogens with one attached hydrogen (secondary N) is 1. The van der Waals surface area contributed by atoms with E-state index in [0.717, 1.165) is 5.56 Å². The number of benzene rings is 2. The van der Waals surface area contributed by atoms with Gasteiger partial charge in [-0.2, -0.15) is 4.31 Å². The number of hydrogen-bond donors (Lipinski definition) is 1. The zero-order chi connectivity index (χ0) is 23.6. The molecule has 1 atom stereocenters. The van der Waals surface area contributed by atoms with Gasteiger partial charge in [0, 0.05) is 6.54 Å². The molecule has 11 heteroatoms. The normalized spacial score (nSPS) is 16.5. The van der Waals surface area contributed by atoms with Crippen LogP contribution in [0, 0.1) is 6.92 Å². The first-order valence-corrected chi connectivity index (χ1v) is 11.7.